The number of halogens is 3. The van der Waals surface area contributed by atoms with Crippen molar-refractivity contribution < 1.29 is 21.7 Å². The summed E-state index contributed by atoms with van der Waals surface area (Å²) >= 11 is 0. The van der Waals surface area contributed by atoms with Gasteiger partial charge in [-0.15, -0.1) is 44.1 Å². The molecule has 0 N–H and O–H groups in total. The summed E-state index contributed by atoms with van der Waals surface area (Å²) in [6, 6.07) is 26.2. The molecule has 0 heterocycles. The van der Waals surface area contributed by atoms with Gasteiger partial charge in [0.1, 0.15) is 0 Å². The summed E-state index contributed by atoms with van der Waals surface area (Å²) in [4.78, 5) is 0. The van der Waals surface area contributed by atoms with E-state index in [4.69, 9.17) is 0 Å². The third-order valence-corrected chi connectivity index (χ3v) is 11.8. The minimum atomic E-state index is -1.20. The summed E-state index contributed by atoms with van der Waals surface area (Å²) in [5.41, 5.74) is 10.4. The number of allylic oxidation sites excluding steroid dienone is 4. The van der Waals surface area contributed by atoms with E-state index >= 15 is 0 Å². The Labute approximate surface area is 331 Å². The van der Waals surface area contributed by atoms with Gasteiger partial charge in [0.25, 0.3) is 0 Å². The molecule has 0 bridgehead atoms. The van der Waals surface area contributed by atoms with E-state index in [1.807, 2.05) is 0 Å². The second-order valence-corrected chi connectivity index (χ2v) is 19.6. The molecule has 1 aliphatic rings. The molecule has 0 amide bonds. The predicted molar refractivity (Wildman–Crippen MR) is 220 cm³/mol. The quantitative estimate of drug-likeness (QED) is 0.142. The van der Waals surface area contributed by atoms with Crippen molar-refractivity contribution in [3.05, 3.63) is 112 Å². The second-order valence-electron chi connectivity index (χ2n) is 17.1. The SMILES string of the molecule is CC(C)(C)c1cc([Si](c2ccccc2)c2cc(C(C)(C)C)cc(C(C)(C)C)c2)cc(C(C)(C)C)c1.CC1=[C-]C(C)C(C)=C1C.Cl.Cl.Cl.[Ti]. The Morgan fingerprint density at radius 2 is 0.812 bits per heavy atom. The van der Waals surface area contributed by atoms with Gasteiger partial charge in [0, 0.05) is 21.7 Å². The zero-order chi connectivity index (χ0) is 33.4. The fourth-order valence-corrected chi connectivity index (χ4v) is 8.27. The van der Waals surface area contributed by atoms with Crippen LogP contribution < -0.4 is 15.6 Å². The number of hydrogen-bond acceptors (Lipinski definition) is 0. The number of benzene rings is 3. The van der Waals surface area contributed by atoms with Gasteiger partial charge >= 0.3 is 0 Å². The van der Waals surface area contributed by atoms with E-state index < -0.39 is 8.80 Å². The average molecular weight is 762 g/mol. The van der Waals surface area contributed by atoms with Crippen LogP contribution in [0.15, 0.2) is 83.4 Å². The second kappa shape index (κ2) is 18.4. The number of hydrogen-bond donors (Lipinski definition) is 0. The molecule has 4 rings (SSSR count). The van der Waals surface area contributed by atoms with Crippen molar-refractivity contribution >= 4 is 61.6 Å². The summed E-state index contributed by atoms with van der Waals surface area (Å²) in [7, 11) is -1.20. The number of rotatable bonds is 3. The minimum absolute atomic E-state index is 0. The van der Waals surface area contributed by atoms with E-state index in [1.54, 1.807) is 0 Å². The molecule has 0 aromatic heterocycles. The first-order valence-electron chi connectivity index (χ1n) is 16.5. The smallest absolute Gasteiger partial charge is 0.154 e. The van der Waals surface area contributed by atoms with E-state index in [-0.39, 0.29) is 80.6 Å². The molecule has 0 nitrogen and oxygen atoms in total. The molecule has 3 aromatic carbocycles. The van der Waals surface area contributed by atoms with Gasteiger partial charge in [0.2, 0.25) is 0 Å². The topological polar surface area (TPSA) is 0 Å². The maximum Gasteiger partial charge on any atom is 0.154 e. The zero-order valence-corrected chi connectivity index (χ0v) is 37.7. The molecule has 1 atom stereocenters. The largest absolute Gasteiger partial charge is 0.266 e. The first kappa shape index (κ1) is 49.1. The van der Waals surface area contributed by atoms with Crippen molar-refractivity contribution in [3.8, 4) is 0 Å². The van der Waals surface area contributed by atoms with Crippen LogP contribution in [0, 0.1) is 12.0 Å². The Hall–Kier alpha value is -1.06. The van der Waals surface area contributed by atoms with E-state index in [0.29, 0.717) is 5.92 Å². The third-order valence-electron chi connectivity index (χ3n) is 9.21. The Morgan fingerprint density at radius 3 is 1.02 bits per heavy atom. The van der Waals surface area contributed by atoms with Crippen LogP contribution in [-0.4, -0.2) is 8.80 Å². The monoisotopic (exact) mass is 760 g/mol. The zero-order valence-electron chi connectivity index (χ0n) is 32.7. The minimum Gasteiger partial charge on any atom is -0.266 e. The van der Waals surface area contributed by atoms with Crippen LogP contribution in [0.3, 0.4) is 0 Å². The molecule has 1 unspecified atom stereocenters. The van der Waals surface area contributed by atoms with Crippen molar-refractivity contribution in [1.82, 2.24) is 0 Å². The van der Waals surface area contributed by atoms with Gasteiger partial charge in [0.05, 0.1) is 0 Å². The molecule has 1 radical (unpaired) electrons. The maximum absolute atomic E-state index is 3.36. The van der Waals surface area contributed by atoms with E-state index in [9.17, 15) is 0 Å². The first-order chi connectivity index (χ1) is 20.0. The summed E-state index contributed by atoms with van der Waals surface area (Å²) in [6.45, 7) is 36.7. The van der Waals surface area contributed by atoms with Gasteiger partial charge in [-0.1, -0.05) is 192 Å². The van der Waals surface area contributed by atoms with Crippen LogP contribution in [0.4, 0.5) is 0 Å². The Morgan fingerprint density at radius 1 is 0.500 bits per heavy atom. The van der Waals surface area contributed by atoms with Gasteiger partial charge in [-0.25, -0.2) is 5.57 Å². The van der Waals surface area contributed by atoms with E-state index in [2.05, 4.69) is 184 Å². The summed E-state index contributed by atoms with van der Waals surface area (Å²) in [5, 5.41) is 4.43. The molecule has 0 fully saturated rings. The van der Waals surface area contributed by atoms with E-state index in [1.165, 1.54) is 54.5 Å². The molecule has 3 aromatic rings. The normalized spacial score (nSPS) is 14.9. The Bertz CT molecular complexity index is 1390. The maximum atomic E-state index is 3.36. The summed E-state index contributed by atoms with van der Waals surface area (Å²) in [6.07, 6.45) is 3.36. The van der Waals surface area contributed by atoms with Crippen LogP contribution in [0.25, 0.3) is 0 Å². The standard InChI is InChI=1S/C34H47Si.C9H13.3ClH.Ti/c1-31(2,3)24-18-25(32(4,5)6)21-29(20-24)35(28-16-14-13-15-17-28)30-22-26(33(7,8)9)19-27(23-30)34(10,11)12;1-6-5-7(2)9(4)8(6)3;;;;/h13-23H,1-12H3;6H,1-4H3;3*1H;/q;-1;;;;. The fraction of sp³-hybridized carbons (Fsp3) is 0.488. The van der Waals surface area contributed by atoms with Crippen LogP contribution in [0.1, 0.15) is 133 Å². The van der Waals surface area contributed by atoms with Gasteiger partial charge in [-0.3, -0.25) is 6.08 Å². The van der Waals surface area contributed by atoms with Crippen molar-refractivity contribution in [2.24, 2.45) is 5.92 Å². The summed E-state index contributed by atoms with van der Waals surface area (Å²) < 4.78 is 0. The van der Waals surface area contributed by atoms with Crippen molar-refractivity contribution in [1.29, 1.82) is 0 Å². The molecule has 0 saturated carbocycles. The van der Waals surface area contributed by atoms with Crippen molar-refractivity contribution in [3.63, 3.8) is 0 Å². The van der Waals surface area contributed by atoms with Gasteiger partial charge < -0.3 is 0 Å². The Balaban J connectivity index is 0. The molecule has 48 heavy (non-hydrogen) atoms. The van der Waals surface area contributed by atoms with Crippen LogP contribution in [0.2, 0.25) is 0 Å². The molecule has 0 saturated heterocycles. The fourth-order valence-electron chi connectivity index (χ4n) is 5.54. The van der Waals surface area contributed by atoms with Gasteiger partial charge in [-0.2, -0.15) is 11.1 Å². The molecule has 1 aliphatic carbocycles. The molecular weight excluding hydrogens is 699 g/mol. The predicted octanol–water partition coefficient (Wildman–Crippen LogP) is 11.4. The van der Waals surface area contributed by atoms with Crippen LogP contribution >= 0.6 is 37.2 Å². The van der Waals surface area contributed by atoms with E-state index in [0.717, 1.165) is 0 Å². The Kier molecular flexibility index (Phi) is 18.8. The average Bonchev–Trinajstić information content (AvgIpc) is 3.12. The molecular formula is C43H63Cl3SiTi-. The van der Waals surface area contributed by atoms with Gasteiger partial charge in [0.15, 0.2) is 8.80 Å². The molecule has 0 spiro atoms. The third kappa shape index (κ3) is 12.6. The molecule has 265 valence electrons. The summed E-state index contributed by atoms with van der Waals surface area (Å²) in [5.74, 6) is 0.560. The van der Waals surface area contributed by atoms with Gasteiger partial charge in [-0.05, 0) is 43.9 Å². The molecule has 5 heteroatoms. The van der Waals surface area contributed by atoms with Crippen LogP contribution in [-0.2, 0) is 43.4 Å². The van der Waals surface area contributed by atoms with Crippen molar-refractivity contribution in [2.45, 2.75) is 132 Å². The molecule has 0 aliphatic heterocycles. The van der Waals surface area contributed by atoms with Crippen LogP contribution in [0.5, 0.6) is 0 Å². The van der Waals surface area contributed by atoms with Crippen molar-refractivity contribution in [2.75, 3.05) is 0 Å². The first-order valence-corrected chi connectivity index (χ1v) is 18.0.